The summed E-state index contributed by atoms with van der Waals surface area (Å²) in [4.78, 5) is 71.6. The van der Waals surface area contributed by atoms with Crippen molar-refractivity contribution in [3.05, 3.63) is 20.9 Å². The van der Waals surface area contributed by atoms with Crippen molar-refractivity contribution >= 4 is 29.6 Å². The van der Waals surface area contributed by atoms with Gasteiger partial charge in [-0.05, 0) is 11.1 Å². The first-order valence-electron chi connectivity index (χ1n) is 15.5. The van der Waals surface area contributed by atoms with E-state index < -0.39 is 23.7 Å². The number of carbonyl (C=O) groups is 5. The maximum atomic E-state index is 12.9. The summed E-state index contributed by atoms with van der Waals surface area (Å²) in [6.07, 6.45) is -0.550. The zero-order valence-corrected chi connectivity index (χ0v) is 27.0. The number of nitrogens with one attached hydrogen (secondary N) is 1. The number of ether oxygens (including phenoxy) is 6. The Morgan fingerprint density at radius 2 is 1.15 bits per heavy atom. The van der Waals surface area contributed by atoms with Crippen LogP contribution in [0.15, 0.2) is 10.2 Å². The van der Waals surface area contributed by atoms with Gasteiger partial charge in [-0.1, -0.05) is 10.2 Å². The van der Waals surface area contributed by atoms with Crippen molar-refractivity contribution in [2.75, 3.05) is 112 Å². The molecule has 1 N–H and O–H groups in total. The zero-order valence-electron chi connectivity index (χ0n) is 27.0. The number of rotatable bonds is 31. The molecule has 4 amide bonds. The highest BCUT2D eigenvalue weighted by atomic mass is 16.7. The average molecular weight is 688 g/mol. The van der Waals surface area contributed by atoms with E-state index in [-0.39, 0.29) is 110 Å². The molecule has 1 saturated heterocycles. The van der Waals surface area contributed by atoms with E-state index in [4.69, 9.17) is 44.3 Å². The van der Waals surface area contributed by atoms with E-state index in [2.05, 4.69) is 25.4 Å². The van der Waals surface area contributed by atoms with Gasteiger partial charge in [-0.2, -0.15) is 0 Å². The second-order valence-electron chi connectivity index (χ2n) is 9.61. The average Bonchev–Trinajstić information content (AvgIpc) is 3.39. The third-order valence-corrected chi connectivity index (χ3v) is 6.06. The van der Waals surface area contributed by atoms with E-state index in [9.17, 15) is 24.0 Å². The summed E-state index contributed by atoms with van der Waals surface area (Å²) in [6.45, 7) is 4.57. The lowest BCUT2D eigenvalue weighted by atomic mass is 10.3. The number of nitrogens with zero attached hydrogens (tertiary/aromatic N) is 8. The second-order valence-corrected chi connectivity index (χ2v) is 9.61. The predicted octanol–water partition coefficient (Wildman–Crippen LogP) is 0.429. The van der Waals surface area contributed by atoms with E-state index in [1.54, 1.807) is 0 Å². The number of hydroxylamine groups is 2. The smallest absolute Gasteiger partial charge is 0.333 e. The maximum absolute atomic E-state index is 12.9. The molecule has 1 rings (SSSR count). The molecule has 48 heavy (non-hydrogen) atoms. The van der Waals surface area contributed by atoms with Gasteiger partial charge in [0.25, 0.3) is 11.8 Å². The Kier molecular flexibility index (Phi) is 25.4. The van der Waals surface area contributed by atoms with Crippen LogP contribution in [0.4, 0.5) is 0 Å². The normalized spacial score (nSPS) is 12.4. The van der Waals surface area contributed by atoms with Crippen LogP contribution in [0.2, 0.25) is 0 Å². The third-order valence-electron chi connectivity index (χ3n) is 6.06. The van der Waals surface area contributed by atoms with Crippen LogP contribution in [0.5, 0.6) is 0 Å². The first kappa shape index (κ1) is 42.0. The molecule has 0 aliphatic carbocycles. The first-order chi connectivity index (χ1) is 23.4. The highest BCUT2D eigenvalue weighted by molar-refractivity contribution is 6.01. The summed E-state index contributed by atoms with van der Waals surface area (Å²) in [5.74, 6) is -2.80. The molecule has 0 radical (unpaired) electrons. The molecule has 270 valence electrons. The second kappa shape index (κ2) is 29.1. The number of hydrogen-bond donors (Lipinski definition) is 1. The highest BCUT2D eigenvalue weighted by Crippen LogP contribution is 2.13. The fraction of sp³-hybridized carbons (Fsp3) is 0.815. The Hall–Kier alpha value is -4.07. The molecule has 0 unspecified atom stereocenters. The molecule has 1 heterocycles. The van der Waals surface area contributed by atoms with E-state index in [1.807, 2.05) is 0 Å². The van der Waals surface area contributed by atoms with Crippen LogP contribution in [-0.4, -0.2) is 152 Å². The molecule has 0 bridgehead atoms. The van der Waals surface area contributed by atoms with Crippen LogP contribution in [0, 0.1) is 0 Å². The number of imide groups is 1. The van der Waals surface area contributed by atoms with E-state index in [0.717, 1.165) is 0 Å². The minimum absolute atomic E-state index is 0.0299. The molecule has 0 aromatic heterocycles. The Bertz CT molecular complexity index is 1050. The standard InChI is InChI=1S/C27H45N9O12/c28-33-31-7-12-43-16-18-45-14-10-35(9-6-30-23(37)1-4-27(41)48-36-25(39)2-3-26(36)40)24(38)5-11-42-15-19-46-21-22-47-20-17-44-13-8-32-34-29/h1-22H2,(H,30,37). The van der Waals surface area contributed by atoms with Crippen LogP contribution in [0.1, 0.15) is 32.1 Å². The molecular formula is C27H45N9O12. The van der Waals surface area contributed by atoms with Crippen LogP contribution >= 0.6 is 0 Å². The van der Waals surface area contributed by atoms with Crippen molar-refractivity contribution in [3.8, 4) is 0 Å². The monoisotopic (exact) mass is 687 g/mol. The van der Waals surface area contributed by atoms with Gasteiger partial charge in [-0.25, -0.2) is 4.79 Å². The quantitative estimate of drug-likeness (QED) is 0.0342. The van der Waals surface area contributed by atoms with Crippen LogP contribution in [-0.2, 0) is 57.2 Å². The van der Waals surface area contributed by atoms with Crippen LogP contribution < -0.4 is 5.32 Å². The summed E-state index contributed by atoms with van der Waals surface area (Å²) in [5, 5.41) is 9.77. The van der Waals surface area contributed by atoms with E-state index in [0.29, 0.717) is 44.7 Å². The molecule has 1 aliphatic heterocycles. The Morgan fingerprint density at radius 3 is 1.67 bits per heavy atom. The molecule has 1 aliphatic rings. The summed E-state index contributed by atoms with van der Waals surface area (Å²) in [6, 6.07) is 0. The Morgan fingerprint density at radius 1 is 0.667 bits per heavy atom. The van der Waals surface area contributed by atoms with Crippen molar-refractivity contribution in [3.63, 3.8) is 0 Å². The van der Waals surface area contributed by atoms with Gasteiger partial charge < -0.3 is 43.5 Å². The minimum atomic E-state index is -0.884. The molecule has 0 aromatic rings. The predicted molar refractivity (Wildman–Crippen MR) is 164 cm³/mol. The fourth-order valence-corrected chi connectivity index (χ4v) is 3.68. The molecule has 0 spiro atoms. The van der Waals surface area contributed by atoms with Gasteiger partial charge in [0.05, 0.1) is 92.1 Å². The lowest BCUT2D eigenvalue weighted by molar-refractivity contribution is -0.197. The highest BCUT2D eigenvalue weighted by Gasteiger charge is 2.32. The Labute approximate surface area is 277 Å². The van der Waals surface area contributed by atoms with E-state index in [1.165, 1.54) is 4.90 Å². The van der Waals surface area contributed by atoms with Crippen LogP contribution in [0.3, 0.4) is 0 Å². The van der Waals surface area contributed by atoms with Gasteiger partial charge in [0.1, 0.15) is 0 Å². The summed E-state index contributed by atoms with van der Waals surface area (Å²) >= 11 is 0. The summed E-state index contributed by atoms with van der Waals surface area (Å²) in [7, 11) is 0. The molecule has 0 atom stereocenters. The van der Waals surface area contributed by atoms with Crippen molar-refractivity contribution in [2.45, 2.75) is 32.1 Å². The van der Waals surface area contributed by atoms with Crippen molar-refractivity contribution < 1.29 is 57.2 Å². The molecular weight excluding hydrogens is 642 g/mol. The van der Waals surface area contributed by atoms with Crippen LogP contribution in [0.25, 0.3) is 20.9 Å². The number of amides is 4. The number of azide groups is 2. The van der Waals surface area contributed by atoms with Gasteiger partial charge in [0.2, 0.25) is 11.8 Å². The zero-order chi connectivity index (χ0) is 35.1. The SMILES string of the molecule is [N-]=[N+]=NCCOCCOCCOCCOCCC(=O)N(CCNC(=O)CCC(=O)ON1C(=O)CCC1=O)CCOCCOCCN=[N+]=[N-]. The van der Waals surface area contributed by atoms with Gasteiger partial charge >= 0.3 is 5.97 Å². The maximum Gasteiger partial charge on any atom is 0.333 e. The van der Waals surface area contributed by atoms with E-state index >= 15 is 0 Å². The number of carbonyl (C=O) groups excluding carboxylic acids is 5. The van der Waals surface area contributed by atoms with Gasteiger partial charge in [-0.15, -0.1) is 5.06 Å². The topological polar surface area (TPSA) is 266 Å². The lowest BCUT2D eigenvalue weighted by Crippen LogP contribution is -2.41. The fourth-order valence-electron chi connectivity index (χ4n) is 3.68. The minimum Gasteiger partial charge on any atom is -0.379 e. The third kappa shape index (κ3) is 22.5. The lowest BCUT2D eigenvalue weighted by Gasteiger charge is -2.23. The van der Waals surface area contributed by atoms with Gasteiger partial charge in [-0.3, -0.25) is 19.2 Å². The van der Waals surface area contributed by atoms with Gasteiger partial charge in [0, 0.05) is 61.8 Å². The largest absolute Gasteiger partial charge is 0.379 e. The van der Waals surface area contributed by atoms with Crippen molar-refractivity contribution in [2.24, 2.45) is 10.2 Å². The number of hydrogen-bond acceptors (Lipinski definition) is 14. The van der Waals surface area contributed by atoms with Gasteiger partial charge in [0.15, 0.2) is 0 Å². The molecule has 21 heteroatoms. The molecule has 0 saturated carbocycles. The van der Waals surface area contributed by atoms with Crippen molar-refractivity contribution in [1.29, 1.82) is 0 Å². The molecule has 0 aromatic carbocycles. The molecule has 21 nitrogen and oxygen atoms in total. The summed E-state index contributed by atoms with van der Waals surface area (Å²) in [5.41, 5.74) is 16.4. The summed E-state index contributed by atoms with van der Waals surface area (Å²) < 4.78 is 32.3. The Balaban J connectivity index is 2.28. The first-order valence-corrected chi connectivity index (χ1v) is 15.5. The van der Waals surface area contributed by atoms with Crippen molar-refractivity contribution in [1.82, 2.24) is 15.3 Å². The molecule has 1 fully saturated rings.